The van der Waals surface area contributed by atoms with Gasteiger partial charge in [-0.1, -0.05) is 0 Å². The summed E-state index contributed by atoms with van der Waals surface area (Å²) in [6, 6.07) is 7.94. The molecule has 1 N–H and O–H groups in total. The van der Waals surface area contributed by atoms with Crippen LogP contribution in [0.3, 0.4) is 0 Å². The largest absolute Gasteiger partial charge is 0.481 e. The van der Waals surface area contributed by atoms with E-state index < -0.39 is 5.97 Å². The van der Waals surface area contributed by atoms with Crippen molar-refractivity contribution in [3.8, 4) is 5.69 Å². The average molecular weight is 277 g/mol. The molecule has 1 aromatic heterocycles. The number of rotatable bonds is 6. The van der Waals surface area contributed by atoms with Gasteiger partial charge in [0, 0.05) is 19.3 Å². The summed E-state index contributed by atoms with van der Waals surface area (Å²) in [6.45, 7) is 1.04. The third kappa shape index (κ3) is 3.89. The topological polar surface area (TPSA) is 58.4 Å². The molecular weight excluding hydrogens is 261 g/mol. The van der Waals surface area contributed by atoms with Gasteiger partial charge in [-0.2, -0.15) is 5.10 Å². The van der Waals surface area contributed by atoms with Crippen molar-refractivity contribution >= 4 is 5.97 Å². The second-order valence-electron chi connectivity index (χ2n) is 4.61. The zero-order chi connectivity index (χ0) is 14.5. The van der Waals surface area contributed by atoms with Crippen LogP contribution in [0.25, 0.3) is 5.69 Å². The molecule has 0 spiro atoms. The maximum atomic E-state index is 12.8. The predicted molar refractivity (Wildman–Crippen MR) is 72.1 cm³/mol. The van der Waals surface area contributed by atoms with Gasteiger partial charge in [-0.3, -0.25) is 9.69 Å². The molecule has 0 bridgehead atoms. The van der Waals surface area contributed by atoms with Crippen LogP contribution in [-0.2, 0) is 11.3 Å². The molecule has 0 aliphatic rings. The maximum absolute atomic E-state index is 12.8. The Kier molecular flexibility index (Phi) is 4.47. The van der Waals surface area contributed by atoms with E-state index in [-0.39, 0.29) is 12.2 Å². The molecule has 0 unspecified atom stereocenters. The van der Waals surface area contributed by atoms with Gasteiger partial charge in [0.05, 0.1) is 17.8 Å². The van der Waals surface area contributed by atoms with Crippen molar-refractivity contribution in [3.05, 3.63) is 48.0 Å². The monoisotopic (exact) mass is 277 g/mol. The van der Waals surface area contributed by atoms with E-state index in [2.05, 4.69) is 5.10 Å². The molecule has 0 radical (unpaired) electrons. The quantitative estimate of drug-likeness (QED) is 0.876. The van der Waals surface area contributed by atoms with Crippen LogP contribution in [-0.4, -0.2) is 39.3 Å². The van der Waals surface area contributed by atoms with E-state index in [1.54, 1.807) is 23.0 Å². The normalized spacial score (nSPS) is 10.9. The van der Waals surface area contributed by atoms with Crippen molar-refractivity contribution in [3.63, 3.8) is 0 Å². The molecule has 1 aromatic carbocycles. The molecule has 0 aliphatic carbocycles. The minimum absolute atomic E-state index is 0.106. The van der Waals surface area contributed by atoms with E-state index in [9.17, 15) is 9.18 Å². The van der Waals surface area contributed by atoms with Gasteiger partial charge in [-0.05, 0) is 37.4 Å². The van der Waals surface area contributed by atoms with Crippen LogP contribution < -0.4 is 0 Å². The lowest BCUT2D eigenvalue weighted by molar-refractivity contribution is -0.137. The zero-order valence-electron chi connectivity index (χ0n) is 11.2. The van der Waals surface area contributed by atoms with Crippen LogP contribution in [0.4, 0.5) is 4.39 Å². The minimum Gasteiger partial charge on any atom is -0.481 e. The van der Waals surface area contributed by atoms with Crippen molar-refractivity contribution < 1.29 is 14.3 Å². The van der Waals surface area contributed by atoms with Crippen LogP contribution in [0.15, 0.2) is 36.5 Å². The molecule has 2 rings (SSSR count). The number of carbonyl (C=O) groups is 1. The molecule has 0 amide bonds. The summed E-state index contributed by atoms with van der Waals surface area (Å²) < 4.78 is 14.5. The fourth-order valence-electron chi connectivity index (χ4n) is 1.83. The summed E-state index contributed by atoms with van der Waals surface area (Å²) in [6.07, 6.45) is 1.91. The summed E-state index contributed by atoms with van der Waals surface area (Å²) >= 11 is 0. The lowest BCUT2D eigenvalue weighted by Crippen LogP contribution is -2.21. The average Bonchev–Trinajstić information content (AvgIpc) is 2.85. The van der Waals surface area contributed by atoms with Gasteiger partial charge in [0.1, 0.15) is 5.82 Å². The van der Waals surface area contributed by atoms with E-state index >= 15 is 0 Å². The molecule has 6 heteroatoms. The third-order valence-electron chi connectivity index (χ3n) is 2.87. The maximum Gasteiger partial charge on any atom is 0.304 e. The first-order valence-corrected chi connectivity index (χ1v) is 6.25. The van der Waals surface area contributed by atoms with Gasteiger partial charge in [0.2, 0.25) is 0 Å². The number of carboxylic acids is 1. The van der Waals surface area contributed by atoms with Crippen molar-refractivity contribution in [1.82, 2.24) is 14.7 Å². The van der Waals surface area contributed by atoms with E-state index in [1.807, 2.05) is 18.0 Å². The highest BCUT2D eigenvalue weighted by atomic mass is 19.1. The first kappa shape index (κ1) is 14.2. The predicted octanol–water partition coefficient (Wildman–Crippen LogP) is 1.92. The summed E-state index contributed by atoms with van der Waals surface area (Å²) in [7, 11) is 1.85. The summed E-state index contributed by atoms with van der Waals surface area (Å²) in [5.41, 5.74) is 1.62. The smallest absolute Gasteiger partial charge is 0.304 e. The van der Waals surface area contributed by atoms with E-state index in [0.717, 1.165) is 11.4 Å². The zero-order valence-corrected chi connectivity index (χ0v) is 11.2. The Labute approximate surface area is 116 Å². The highest BCUT2D eigenvalue weighted by Gasteiger charge is 2.06. The van der Waals surface area contributed by atoms with Crippen LogP contribution in [0.1, 0.15) is 12.1 Å². The van der Waals surface area contributed by atoms with Gasteiger partial charge in [0.15, 0.2) is 0 Å². The number of aromatic nitrogens is 2. The molecule has 0 saturated heterocycles. The standard InChI is InChI=1S/C14H16FN3O2/c1-17(8-7-14(19)20)10-12-6-9-18(16-12)13-4-2-11(15)3-5-13/h2-6,9H,7-8,10H2,1H3,(H,19,20). The van der Waals surface area contributed by atoms with Crippen molar-refractivity contribution in [2.45, 2.75) is 13.0 Å². The summed E-state index contributed by atoms with van der Waals surface area (Å²) in [5.74, 6) is -1.09. The Hall–Kier alpha value is -2.21. The molecular formula is C14H16FN3O2. The number of aliphatic carboxylic acids is 1. The molecule has 0 aliphatic heterocycles. The Morgan fingerprint density at radius 1 is 1.35 bits per heavy atom. The first-order valence-electron chi connectivity index (χ1n) is 6.25. The summed E-state index contributed by atoms with van der Waals surface area (Å²) in [5, 5.41) is 13.0. The molecule has 0 fully saturated rings. The Morgan fingerprint density at radius 3 is 2.70 bits per heavy atom. The third-order valence-corrected chi connectivity index (χ3v) is 2.87. The molecule has 2 aromatic rings. The second-order valence-corrected chi connectivity index (χ2v) is 4.61. The fraction of sp³-hybridized carbons (Fsp3) is 0.286. The molecule has 106 valence electrons. The Morgan fingerprint density at radius 2 is 2.05 bits per heavy atom. The molecule has 0 atom stereocenters. The van der Waals surface area contributed by atoms with Crippen molar-refractivity contribution in [2.75, 3.05) is 13.6 Å². The Bertz CT molecular complexity index is 580. The number of halogens is 1. The number of carboxylic acid groups (broad SMARTS) is 1. The highest BCUT2D eigenvalue weighted by Crippen LogP contribution is 2.09. The van der Waals surface area contributed by atoms with Gasteiger partial charge >= 0.3 is 5.97 Å². The minimum atomic E-state index is -0.811. The van der Waals surface area contributed by atoms with E-state index in [0.29, 0.717) is 13.1 Å². The van der Waals surface area contributed by atoms with Crippen LogP contribution in [0.2, 0.25) is 0 Å². The van der Waals surface area contributed by atoms with Crippen LogP contribution in [0, 0.1) is 5.82 Å². The van der Waals surface area contributed by atoms with Crippen molar-refractivity contribution in [2.24, 2.45) is 0 Å². The van der Waals surface area contributed by atoms with E-state index in [1.165, 1.54) is 12.1 Å². The summed E-state index contributed by atoms with van der Waals surface area (Å²) in [4.78, 5) is 12.4. The number of hydrogen-bond acceptors (Lipinski definition) is 3. The van der Waals surface area contributed by atoms with Crippen LogP contribution >= 0.6 is 0 Å². The highest BCUT2D eigenvalue weighted by molar-refractivity contribution is 5.66. The van der Waals surface area contributed by atoms with Gasteiger partial charge < -0.3 is 5.11 Å². The van der Waals surface area contributed by atoms with Crippen molar-refractivity contribution in [1.29, 1.82) is 0 Å². The molecule has 1 heterocycles. The van der Waals surface area contributed by atoms with Gasteiger partial charge in [-0.25, -0.2) is 9.07 Å². The molecule has 5 nitrogen and oxygen atoms in total. The fourth-order valence-corrected chi connectivity index (χ4v) is 1.83. The van der Waals surface area contributed by atoms with E-state index in [4.69, 9.17) is 5.11 Å². The second kappa shape index (κ2) is 6.29. The van der Waals surface area contributed by atoms with Gasteiger partial charge in [-0.15, -0.1) is 0 Å². The number of hydrogen-bond donors (Lipinski definition) is 1. The number of nitrogens with zero attached hydrogens (tertiary/aromatic N) is 3. The first-order chi connectivity index (χ1) is 9.54. The molecule has 20 heavy (non-hydrogen) atoms. The molecule has 0 saturated carbocycles. The SMILES string of the molecule is CN(CCC(=O)O)Cc1ccn(-c2ccc(F)cc2)n1. The lowest BCUT2D eigenvalue weighted by atomic mass is 10.3. The van der Waals surface area contributed by atoms with Crippen LogP contribution in [0.5, 0.6) is 0 Å². The van der Waals surface area contributed by atoms with Gasteiger partial charge in [0.25, 0.3) is 0 Å². The Balaban J connectivity index is 1.98. The lowest BCUT2D eigenvalue weighted by Gasteiger charge is -2.13. The number of benzene rings is 1.